The Bertz CT molecular complexity index is 1380. The van der Waals surface area contributed by atoms with Gasteiger partial charge >= 0.3 is 0 Å². The third-order valence-electron chi connectivity index (χ3n) is 5.19. The number of aromatic amines is 1. The van der Waals surface area contributed by atoms with Crippen molar-refractivity contribution in [2.45, 2.75) is 12.8 Å². The minimum atomic E-state index is 0.0513. The van der Waals surface area contributed by atoms with Crippen LogP contribution in [0.1, 0.15) is 12.8 Å². The molecule has 3 aromatic heterocycles. The van der Waals surface area contributed by atoms with Crippen LogP contribution in [0.5, 0.6) is 0 Å². The van der Waals surface area contributed by atoms with Gasteiger partial charge in [0.2, 0.25) is 5.91 Å². The Morgan fingerprint density at radius 3 is 2.90 bits per heavy atom. The van der Waals surface area contributed by atoms with E-state index in [0.29, 0.717) is 10.8 Å². The largest absolute Gasteiger partial charge is 0.302 e. The zero-order valence-electron chi connectivity index (χ0n) is 15.3. The van der Waals surface area contributed by atoms with Gasteiger partial charge < -0.3 is 5.32 Å². The fraction of sp³-hybridized carbons (Fsp3) is 0.143. The topological polar surface area (TPSA) is 88.5 Å². The summed E-state index contributed by atoms with van der Waals surface area (Å²) in [5.41, 5.74) is 2.67. The molecule has 1 amide bonds. The van der Waals surface area contributed by atoms with Crippen LogP contribution in [0, 0.1) is 5.92 Å². The molecule has 1 fully saturated rings. The van der Waals surface area contributed by atoms with E-state index in [9.17, 15) is 4.79 Å². The lowest BCUT2D eigenvalue weighted by Gasteiger charge is -2.07. The van der Waals surface area contributed by atoms with Crippen LogP contribution in [0.4, 0.5) is 5.13 Å². The molecule has 0 bridgehead atoms. The Balaban J connectivity index is 1.41. The van der Waals surface area contributed by atoms with Gasteiger partial charge in [-0.15, -0.1) is 0 Å². The van der Waals surface area contributed by atoms with Crippen LogP contribution >= 0.6 is 11.3 Å². The molecule has 0 saturated heterocycles. The fourth-order valence-corrected chi connectivity index (χ4v) is 4.41. The highest BCUT2D eigenvalue weighted by molar-refractivity contribution is 7.22. The quantitative estimate of drug-likeness (QED) is 0.469. The van der Waals surface area contributed by atoms with Crippen molar-refractivity contribution in [3.63, 3.8) is 0 Å². The van der Waals surface area contributed by atoms with Crippen LogP contribution in [-0.4, -0.2) is 30.6 Å². The predicted octanol–water partition coefficient (Wildman–Crippen LogP) is 4.37. The second-order valence-corrected chi connectivity index (χ2v) is 8.22. The number of carbonyl (C=O) groups is 1. The average molecular weight is 400 g/mol. The number of anilines is 1. The molecule has 2 N–H and O–H groups in total. The van der Waals surface area contributed by atoms with Crippen molar-refractivity contribution in [1.29, 1.82) is 0 Å². The van der Waals surface area contributed by atoms with E-state index >= 15 is 0 Å². The number of amides is 1. The van der Waals surface area contributed by atoms with E-state index in [1.54, 1.807) is 6.33 Å². The van der Waals surface area contributed by atoms with Gasteiger partial charge in [0.25, 0.3) is 0 Å². The van der Waals surface area contributed by atoms with Crippen molar-refractivity contribution in [3.8, 4) is 17.1 Å². The number of nitrogens with zero attached hydrogens (tertiary/aromatic N) is 4. The minimum Gasteiger partial charge on any atom is -0.302 e. The van der Waals surface area contributed by atoms with Gasteiger partial charge in [0.05, 0.1) is 11.9 Å². The molecule has 0 unspecified atom stereocenters. The van der Waals surface area contributed by atoms with Crippen LogP contribution in [0.2, 0.25) is 0 Å². The number of benzene rings is 2. The number of hydrogen-bond donors (Lipinski definition) is 2. The summed E-state index contributed by atoms with van der Waals surface area (Å²) >= 11 is 1.42. The zero-order chi connectivity index (χ0) is 19.4. The maximum Gasteiger partial charge on any atom is 0.229 e. The average Bonchev–Trinajstić information content (AvgIpc) is 3.17. The summed E-state index contributed by atoms with van der Waals surface area (Å²) in [5.74, 6) is 0.920. The van der Waals surface area contributed by atoms with Crippen LogP contribution in [0.25, 0.3) is 38.2 Å². The van der Waals surface area contributed by atoms with Crippen LogP contribution in [0.3, 0.4) is 0 Å². The van der Waals surface area contributed by atoms with Crippen LogP contribution < -0.4 is 5.32 Å². The van der Waals surface area contributed by atoms with E-state index in [2.05, 4.69) is 55.8 Å². The van der Waals surface area contributed by atoms with Gasteiger partial charge in [0.1, 0.15) is 11.0 Å². The summed E-state index contributed by atoms with van der Waals surface area (Å²) < 4.78 is 2.84. The second-order valence-electron chi connectivity index (χ2n) is 7.22. The molecule has 2 aromatic carbocycles. The number of aromatic nitrogens is 5. The lowest BCUT2D eigenvalue weighted by molar-refractivity contribution is -0.117. The monoisotopic (exact) mass is 400 g/mol. The lowest BCUT2D eigenvalue weighted by Crippen LogP contribution is -2.12. The van der Waals surface area contributed by atoms with Gasteiger partial charge in [-0.05, 0) is 29.7 Å². The first-order valence-corrected chi connectivity index (χ1v) is 10.3. The Morgan fingerprint density at radius 2 is 2.03 bits per heavy atom. The van der Waals surface area contributed by atoms with Gasteiger partial charge in [-0.3, -0.25) is 14.5 Å². The summed E-state index contributed by atoms with van der Waals surface area (Å²) in [6.45, 7) is 0. The zero-order valence-corrected chi connectivity index (χ0v) is 16.1. The Morgan fingerprint density at radius 1 is 1.17 bits per heavy atom. The molecule has 8 heteroatoms. The first kappa shape index (κ1) is 16.4. The van der Waals surface area contributed by atoms with Gasteiger partial charge in [-0.1, -0.05) is 47.7 Å². The first-order chi connectivity index (χ1) is 14.3. The molecular weight excluding hydrogens is 384 g/mol. The molecule has 1 aliphatic rings. The molecule has 3 heterocycles. The van der Waals surface area contributed by atoms with E-state index < -0.39 is 0 Å². The van der Waals surface area contributed by atoms with E-state index in [4.69, 9.17) is 0 Å². The number of hydrogen-bond acceptors (Lipinski definition) is 5. The number of carbonyl (C=O) groups excluding carboxylic acids is 1. The molecule has 1 aliphatic carbocycles. The van der Waals surface area contributed by atoms with Crippen molar-refractivity contribution < 1.29 is 4.79 Å². The standard InChI is InChI=1S/C21H16N6OS/c28-20(13-6-7-13)24-21-23-18-17(29-21)19(26-25-18)27-11-22-10-16(27)15-8-5-12-3-1-2-4-14(12)9-15/h1-5,8-11,13H,6-7H2,(H2,23,24,25,26,28). The molecule has 1 saturated carbocycles. The molecule has 142 valence electrons. The molecule has 29 heavy (non-hydrogen) atoms. The molecular formula is C21H16N6OS. The molecule has 7 nitrogen and oxygen atoms in total. The van der Waals surface area contributed by atoms with Gasteiger partial charge in [-0.2, -0.15) is 5.10 Å². The maximum absolute atomic E-state index is 12.0. The summed E-state index contributed by atoms with van der Waals surface area (Å²) in [6, 6.07) is 14.6. The third-order valence-corrected chi connectivity index (χ3v) is 6.15. The van der Waals surface area contributed by atoms with Crippen molar-refractivity contribution >= 4 is 43.5 Å². The lowest BCUT2D eigenvalue weighted by atomic mass is 10.1. The fourth-order valence-electron chi connectivity index (χ4n) is 3.50. The normalized spacial score (nSPS) is 13.9. The van der Waals surface area contributed by atoms with Crippen molar-refractivity contribution in [3.05, 3.63) is 55.0 Å². The summed E-state index contributed by atoms with van der Waals surface area (Å²) in [6.07, 6.45) is 5.52. The molecule has 0 aliphatic heterocycles. The SMILES string of the molecule is O=C(Nc1nc2[nH]nc(-n3cncc3-c3ccc4ccccc4c3)c2s1)C1CC1. The van der Waals surface area contributed by atoms with Crippen molar-refractivity contribution in [2.75, 3.05) is 5.32 Å². The Hall–Kier alpha value is -3.52. The van der Waals surface area contributed by atoms with Crippen LogP contribution in [0.15, 0.2) is 55.0 Å². The van der Waals surface area contributed by atoms with Crippen molar-refractivity contribution in [2.24, 2.45) is 5.92 Å². The van der Waals surface area contributed by atoms with Crippen molar-refractivity contribution in [1.82, 2.24) is 24.7 Å². The number of nitrogens with one attached hydrogen (secondary N) is 2. The molecule has 0 radical (unpaired) electrons. The van der Waals surface area contributed by atoms with E-state index in [0.717, 1.165) is 34.6 Å². The number of rotatable bonds is 4. The first-order valence-electron chi connectivity index (χ1n) is 9.44. The maximum atomic E-state index is 12.0. The number of thiazole rings is 1. The van der Waals surface area contributed by atoms with E-state index in [1.807, 2.05) is 22.9 Å². The van der Waals surface area contributed by atoms with E-state index in [1.165, 1.54) is 22.1 Å². The highest BCUT2D eigenvalue weighted by Crippen LogP contribution is 2.35. The molecule has 0 spiro atoms. The van der Waals surface area contributed by atoms with Crippen LogP contribution in [-0.2, 0) is 4.79 Å². The predicted molar refractivity (Wildman–Crippen MR) is 113 cm³/mol. The summed E-state index contributed by atoms with van der Waals surface area (Å²) in [7, 11) is 0. The van der Waals surface area contributed by atoms with Gasteiger partial charge in [-0.25, -0.2) is 9.97 Å². The minimum absolute atomic E-state index is 0.0513. The van der Waals surface area contributed by atoms with Gasteiger partial charge in [0.15, 0.2) is 16.6 Å². The summed E-state index contributed by atoms with van der Waals surface area (Å²) in [5, 5.41) is 13.3. The summed E-state index contributed by atoms with van der Waals surface area (Å²) in [4.78, 5) is 20.9. The Kier molecular flexibility index (Phi) is 3.54. The second kappa shape index (κ2) is 6.25. The van der Waals surface area contributed by atoms with Gasteiger partial charge in [0, 0.05) is 11.5 Å². The molecule has 5 aromatic rings. The number of fused-ring (bicyclic) bond motifs is 2. The smallest absolute Gasteiger partial charge is 0.229 e. The molecule has 6 rings (SSSR count). The highest BCUT2D eigenvalue weighted by atomic mass is 32.1. The number of H-pyrrole nitrogens is 1. The highest BCUT2D eigenvalue weighted by Gasteiger charge is 2.30. The molecule has 0 atom stereocenters. The Labute approximate surface area is 169 Å². The number of imidazole rings is 1. The third kappa shape index (κ3) is 2.80. The van der Waals surface area contributed by atoms with E-state index in [-0.39, 0.29) is 11.8 Å².